The number of rotatable bonds is 16. The highest BCUT2D eigenvalue weighted by atomic mass is 79.9. The Hall–Kier alpha value is -2.00. The van der Waals surface area contributed by atoms with E-state index in [9.17, 15) is 5.11 Å². The predicted octanol–water partition coefficient (Wildman–Crippen LogP) is 5.43. The molecule has 2 rings (SSSR count). The highest BCUT2D eigenvalue weighted by Crippen LogP contribution is 2.34. The van der Waals surface area contributed by atoms with Crippen LogP contribution in [0.1, 0.15) is 75.8 Å². The normalized spacial score (nSPS) is 10.4. The van der Waals surface area contributed by atoms with Gasteiger partial charge in [0.25, 0.3) is 0 Å². The summed E-state index contributed by atoms with van der Waals surface area (Å²) in [7, 11) is 0. The minimum absolute atomic E-state index is 0. The van der Waals surface area contributed by atoms with E-state index in [1.807, 2.05) is 36.4 Å². The first kappa shape index (κ1) is 28.0. The van der Waals surface area contributed by atoms with Crippen LogP contribution in [0, 0.1) is 0 Å². The van der Waals surface area contributed by atoms with E-state index >= 15 is 0 Å². The van der Waals surface area contributed by atoms with Crippen molar-refractivity contribution in [1.82, 2.24) is 0 Å². The Bertz CT molecular complexity index is 813. The summed E-state index contributed by atoms with van der Waals surface area (Å²) in [5.74, 6) is 1.21. The molecular weight excluding hydrogens is 460 g/mol. The first-order valence-electron chi connectivity index (χ1n) is 12.0. The average molecular weight is 501 g/mol. The SMILES string of the molecule is C=CCc1ccc(O)c(-c2ccc(OCCCCCCCCCCC)c(CC=C)c2)c1.[Br-]. The standard InChI is InChI=1S/C29H40O2.BrH/c1-4-7-8-9-10-11-12-13-14-21-31-29-20-18-25(23-26(29)16-6-3)27-22-24(15-5-2)17-19-28(27)30;/h5-6,17-20,22-23,30H,2-4,7-16,21H2,1H3;1H/p-1. The van der Waals surface area contributed by atoms with E-state index in [2.05, 4.69) is 26.1 Å². The summed E-state index contributed by atoms with van der Waals surface area (Å²) < 4.78 is 6.11. The van der Waals surface area contributed by atoms with Crippen molar-refractivity contribution in [1.29, 1.82) is 0 Å². The van der Waals surface area contributed by atoms with Crippen molar-refractivity contribution in [2.75, 3.05) is 6.61 Å². The van der Waals surface area contributed by atoms with Gasteiger partial charge in [0.15, 0.2) is 0 Å². The van der Waals surface area contributed by atoms with Gasteiger partial charge in [0, 0.05) is 5.56 Å². The molecule has 0 radical (unpaired) electrons. The molecular formula is C29H40BrO2-. The van der Waals surface area contributed by atoms with Crippen LogP contribution in [-0.4, -0.2) is 11.7 Å². The van der Waals surface area contributed by atoms with Crippen molar-refractivity contribution in [3.63, 3.8) is 0 Å². The number of ether oxygens (including phenoxy) is 1. The molecule has 0 fully saturated rings. The average Bonchev–Trinajstić information content (AvgIpc) is 2.77. The number of halogens is 1. The second-order valence-corrected chi connectivity index (χ2v) is 8.34. The molecule has 32 heavy (non-hydrogen) atoms. The predicted molar refractivity (Wildman–Crippen MR) is 134 cm³/mol. The van der Waals surface area contributed by atoms with Crippen LogP contribution in [0.2, 0.25) is 0 Å². The van der Waals surface area contributed by atoms with Crippen molar-refractivity contribution in [3.05, 3.63) is 72.8 Å². The lowest BCUT2D eigenvalue weighted by Crippen LogP contribution is -3.00. The van der Waals surface area contributed by atoms with Gasteiger partial charge in [0.1, 0.15) is 11.5 Å². The summed E-state index contributed by atoms with van der Waals surface area (Å²) in [5, 5.41) is 10.4. The van der Waals surface area contributed by atoms with Crippen LogP contribution in [0.4, 0.5) is 0 Å². The summed E-state index contributed by atoms with van der Waals surface area (Å²) >= 11 is 0. The second kappa shape index (κ2) is 16.6. The first-order valence-corrected chi connectivity index (χ1v) is 12.0. The van der Waals surface area contributed by atoms with Crippen molar-refractivity contribution in [2.45, 2.75) is 77.6 Å². The molecule has 0 saturated carbocycles. The molecule has 3 heteroatoms. The molecule has 1 N–H and O–H groups in total. The van der Waals surface area contributed by atoms with Gasteiger partial charge in [-0.25, -0.2) is 0 Å². The smallest absolute Gasteiger partial charge is 0.123 e. The maximum Gasteiger partial charge on any atom is 0.123 e. The van der Waals surface area contributed by atoms with E-state index < -0.39 is 0 Å². The van der Waals surface area contributed by atoms with Crippen molar-refractivity contribution in [3.8, 4) is 22.6 Å². The van der Waals surface area contributed by atoms with Gasteiger partial charge in [0.05, 0.1) is 6.61 Å². The van der Waals surface area contributed by atoms with Crippen LogP contribution in [0.15, 0.2) is 61.7 Å². The lowest BCUT2D eigenvalue weighted by atomic mass is 9.97. The fraction of sp³-hybridized carbons (Fsp3) is 0.448. The number of allylic oxidation sites excluding steroid dienone is 2. The van der Waals surface area contributed by atoms with E-state index in [1.54, 1.807) is 6.07 Å². The highest BCUT2D eigenvalue weighted by molar-refractivity contribution is 5.72. The summed E-state index contributed by atoms with van der Waals surface area (Å²) in [4.78, 5) is 0. The zero-order chi connectivity index (χ0) is 22.3. The summed E-state index contributed by atoms with van der Waals surface area (Å²) in [5.41, 5.74) is 4.08. The van der Waals surface area contributed by atoms with Gasteiger partial charge in [0.2, 0.25) is 0 Å². The molecule has 0 aliphatic heterocycles. The fourth-order valence-electron chi connectivity index (χ4n) is 3.91. The zero-order valence-electron chi connectivity index (χ0n) is 19.8. The van der Waals surface area contributed by atoms with Crippen LogP contribution >= 0.6 is 0 Å². The topological polar surface area (TPSA) is 29.5 Å². The Kier molecular flexibility index (Phi) is 14.5. The minimum atomic E-state index is 0. The Balaban J connectivity index is 0.00000512. The number of unbranched alkanes of at least 4 members (excludes halogenated alkanes) is 8. The molecule has 2 nitrogen and oxygen atoms in total. The zero-order valence-corrected chi connectivity index (χ0v) is 21.3. The molecule has 0 aromatic heterocycles. The van der Waals surface area contributed by atoms with Gasteiger partial charge >= 0.3 is 0 Å². The molecule has 0 bridgehead atoms. The van der Waals surface area contributed by atoms with E-state index in [-0.39, 0.29) is 17.0 Å². The molecule has 176 valence electrons. The van der Waals surface area contributed by atoms with Crippen molar-refractivity contribution < 1.29 is 26.8 Å². The van der Waals surface area contributed by atoms with Crippen LogP contribution in [0.25, 0.3) is 11.1 Å². The molecule has 0 aliphatic carbocycles. The highest BCUT2D eigenvalue weighted by Gasteiger charge is 2.10. The molecule has 2 aromatic rings. The quantitative estimate of drug-likeness (QED) is 0.246. The minimum Gasteiger partial charge on any atom is -1.00 e. The van der Waals surface area contributed by atoms with E-state index in [0.717, 1.165) is 53.9 Å². The molecule has 0 saturated heterocycles. The number of phenolic OH excluding ortho intramolecular Hbond substituents is 1. The Morgan fingerprint density at radius 2 is 1.47 bits per heavy atom. The fourth-order valence-corrected chi connectivity index (χ4v) is 3.91. The van der Waals surface area contributed by atoms with Gasteiger partial charge in [-0.1, -0.05) is 82.6 Å². The van der Waals surface area contributed by atoms with Gasteiger partial charge in [-0.15, -0.1) is 13.2 Å². The van der Waals surface area contributed by atoms with Crippen LogP contribution < -0.4 is 21.7 Å². The third-order valence-electron chi connectivity index (χ3n) is 5.68. The van der Waals surface area contributed by atoms with Crippen molar-refractivity contribution >= 4 is 0 Å². The monoisotopic (exact) mass is 499 g/mol. The summed E-state index contributed by atoms with van der Waals surface area (Å²) in [6, 6.07) is 11.9. The number of hydrogen-bond donors (Lipinski definition) is 1. The lowest BCUT2D eigenvalue weighted by Gasteiger charge is -2.14. The Morgan fingerprint density at radius 1 is 0.812 bits per heavy atom. The maximum atomic E-state index is 10.4. The Morgan fingerprint density at radius 3 is 2.12 bits per heavy atom. The molecule has 0 unspecified atom stereocenters. The first-order chi connectivity index (χ1) is 15.2. The van der Waals surface area contributed by atoms with Gasteiger partial charge in [-0.3, -0.25) is 0 Å². The number of hydrogen-bond acceptors (Lipinski definition) is 2. The van der Waals surface area contributed by atoms with Crippen LogP contribution in [-0.2, 0) is 12.8 Å². The third-order valence-corrected chi connectivity index (χ3v) is 5.68. The van der Waals surface area contributed by atoms with Gasteiger partial charge in [-0.05, 0) is 60.2 Å². The molecule has 0 heterocycles. The lowest BCUT2D eigenvalue weighted by molar-refractivity contribution is -0.00000789. The number of aromatic hydroxyl groups is 1. The molecule has 0 atom stereocenters. The largest absolute Gasteiger partial charge is 1.00 e. The molecule has 0 spiro atoms. The molecule has 0 aliphatic rings. The second-order valence-electron chi connectivity index (χ2n) is 8.34. The summed E-state index contributed by atoms with van der Waals surface area (Å²) in [6.07, 6.45) is 17.1. The van der Waals surface area contributed by atoms with Gasteiger partial charge < -0.3 is 26.8 Å². The molecule has 2 aromatic carbocycles. The summed E-state index contributed by atoms with van der Waals surface area (Å²) in [6.45, 7) is 10.7. The van der Waals surface area contributed by atoms with E-state index in [1.165, 1.54) is 51.4 Å². The Labute approximate surface area is 206 Å². The van der Waals surface area contributed by atoms with Crippen LogP contribution in [0.5, 0.6) is 11.5 Å². The van der Waals surface area contributed by atoms with Crippen LogP contribution in [0.3, 0.4) is 0 Å². The maximum absolute atomic E-state index is 10.4. The number of benzene rings is 2. The van der Waals surface area contributed by atoms with Crippen molar-refractivity contribution in [2.24, 2.45) is 0 Å². The molecule has 0 amide bonds. The van der Waals surface area contributed by atoms with E-state index in [4.69, 9.17) is 4.74 Å². The number of phenols is 1. The van der Waals surface area contributed by atoms with E-state index in [0.29, 0.717) is 5.75 Å². The third kappa shape index (κ3) is 9.65. The van der Waals surface area contributed by atoms with Gasteiger partial charge in [-0.2, -0.15) is 0 Å².